The molecular weight excluding hydrogens is 350 g/mol. The summed E-state index contributed by atoms with van der Waals surface area (Å²) in [6, 6.07) is 7.52. The molecule has 0 aliphatic rings. The van der Waals surface area contributed by atoms with Gasteiger partial charge in [-0.3, -0.25) is 4.98 Å². The second kappa shape index (κ2) is 9.02. The molecule has 0 unspecified atom stereocenters. The Morgan fingerprint density at radius 1 is 0.926 bits per heavy atom. The fraction of sp³-hybridized carbons (Fsp3) is 0.350. The summed E-state index contributed by atoms with van der Waals surface area (Å²) in [5, 5.41) is 10.4. The number of carbonyl (C=O) groups excluding carboxylic acids is 2. The molecule has 0 saturated carbocycles. The monoisotopic (exact) mass is 373 g/mol. The van der Waals surface area contributed by atoms with Crippen LogP contribution in [-0.2, 0) is 28.7 Å². The Morgan fingerprint density at radius 3 is 2.04 bits per heavy atom. The van der Waals surface area contributed by atoms with Crippen molar-refractivity contribution in [2.24, 2.45) is 0 Å². The van der Waals surface area contributed by atoms with Crippen LogP contribution in [0.2, 0.25) is 0 Å². The summed E-state index contributed by atoms with van der Waals surface area (Å²) in [5.74, 6) is -1.16. The molecular formula is C20H23NO6. The van der Waals surface area contributed by atoms with Crippen LogP contribution in [-0.4, -0.2) is 43.4 Å². The van der Waals surface area contributed by atoms with E-state index in [1.54, 1.807) is 14.0 Å². The molecule has 0 fully saturated rings. The number of methoxy groups -OCH3 is 3. The summed E-state index contributed by atoms with van der Waals surface area (Å²) >= 11 is 0. The van der Waals surface area contributed by atoms with Crippen molar-refractivity contribution in [3.05, 3.63) is 52.3 Å². The lowest BCUT2D eigenvalue weighted by Crippen LogP contribution is -2.18. The third kappa shape index (κ3) is 4.36. The largest absolute Gasteiger partial charge is 0.505 e. The first-order valence-corrected chi connectivity index (χ1v) is 8.51. The van der Waals surface area contributed by atoms with Gasteiger partial charge in [-0.05, 0) is 37.0 Å². The van der Waals surface area contributed by atoms with Gasteiger partial charge in [0.1, 0.15) is 11.3 Å². The molecule has 0 amide bonds. The lowest BCUT2D eigenvalue weighted by Gasteiger charge is -2.15. The summed E-state index contributed by atoms with van der Waals surface area (Å²) in [5.41, 5.74) is 1.45. The molecule has 7 nitrogen and oxygen atoms in total. The van der Waals surface area contributed by atoms with E-state index in [4.69, 9.17) is 14.2 Å². The number of aromatic hydroxyl groups is 1. The van der Waals surface area contributed by atoms with Crippen LogP contribution >= 0.6 is 0 Å². The van der Waals surface area contributed by atoms with Gasteiger partial charge in [-0.1, -0.05) is 19.1 Å². The summed E-state index contributed by atoms with van der Waals surface area (Å²) in [4.78, 5) is 28.9. The van der Waals surface area contributed by atoms with Crippen LogP contribution in [0.1, 0.15) is 44.6 Å². The number of aromatic nitrogens is 1. The number of benzene rings is 1. The summed E-state index contributed by atoms with van der Waals surface area (Å²) in [7, 11) is 3.99. The molecule has 7 heteroatoms. The van der Waals surface area contributed by atoms with Gasteiger partial charge >= 0.3 is 11.9 Å². The third-order valence-corrected chi connectivity index (χ3v) is 4.24. The molecule has 0 atom stereocenters. The van der Waals surface area contributed by atoms with Crippen LogP contribution in [0.4, 0.5) is 0 Å². The fourth-order valence-electron chi connectivity index (χ4n) is 2.78. The van der Waals surface area contributed by atoms with Gasteiger partial charge in [-0.25, -0.2) is 9.59 Å². The average Bonchev–Trinajstić information content (AvgIpc) is 2.71. The maximum atomic E-state index is 12.3. The van der Waals surface area contributed by atoms with Gasteiger partial charge in [-0.15, -0.1) is 0 Å². The van der Waals surface area contributed by atoms with Crippen molar-refractivity contribution in [1.29, 1.82) is 0 Å². The lowest BCUT2D eigenvalue weighted by atomic mass is 9.98. The van der Waals surface area contributed by atoms with Crippen molar-refractivity contribution < 1.29 is 28.9 Å². The number of carbonyl (C=O) groups is 2. The van der Waals surface area contributed by atoms with Crippen molar-refractivity contribution in [2.45, 2.75) is 26.2 Å². The number of aryl methyl sites for hydroxylation is 3. The first-order chi connectivity index (χ1) is 13.0. The first kappa shape index (κ1) is 20.2. The molecule has 1 heterocycles. The van der Waals surface area contributed by atoms with Gasteiger partial charge < -0.3 is 19.3 Å². The van der Waals surface area contributed by atoms with Gasteiger partial charge in [0.15, 0.2) is 5.75 Å². The Bertz CT molecular complexity index is 829. The van der Waals surface area contributed by atoms with Crippen LogP contribution in [0.5, 0.6) is 11.5 Å². The molecule has 0 saturated heterocycles. The smallest absolute Gasteiger partial charge is 0.342 e. The van der Waals surface area contributed by atoms with Crippen molar-refractivity contribution in [1.82, 2.24) is 4.98 Å². The van der Waals surface area contributed by atoms with E-state index in [-0.39, 0.29) is 16.9 Å². The number of hydrogen-bond donors (Lipinski definition) is 1. The Labute approximate surface area is 157 Å². The summed E-state index contributed by atoms with van der Waals surface area (Å²) in [6.45, 7) is 1.80. The van der Waals surface area contributed by atoms with Crippen LogP contribution in [0.25, 0.3) is 0 Å². The molecule has 144 valence electrons. The SMILES string of the molecule is CCc1nc(CCc2ccc(OC)cc2)c(C(=O)OC)c(C(=O)OC)c1O. The highest BCUT2D eigenvalue weighted by atomic mass is 16.5. The second-order valence-corrected chi connectivity index (χ2v) is 5.79. The molecule has 2 rings (SSSR count). The molecule has 2 aromatic rings. The predicted octanol–water partition coefficient (Wildman–Crippen LogP) is 2.72. The van der Waals surface area contributed by atoms with Gasteiger partial charge in [0.2, 0.25) is 0 Å². The standard InChI is InChI=1S/C20H23NO6/c1-5-14-18(22)17(20(24)27-4)16(19(23)26-3)15(21-14)11-8-12-6-9-13(25-2)10-7-12/h6-7,9-10,22H,5,8,11H2,1-4H3. The van der Waals surface area contributed by atoms with Gasteiger partial charge in [0.05, 0.1) is 38.3 Å². The summed E-state index contributed by atoms with van der Waals surface area (Å²) in [6.07, 6.45) is 1.36. The highest BCUT2D eigenvalue weighted by Gasteiger charge is 2.29. The summed E-state index contributed by atoms with van der Waals surface area (Å²) < 4.78 is 14.7. The molecule has 0 spiro atoms. The Morgan fingerprint density at radius 2 is 1.52 bits per heavy atom. The van der Waals surface area contributed by atoms with Crippen LogP contribution < -0.4 is 4.74 Å². The number of pyridine rings is 1. The number of ether oxygens (including phenoxy) is 3. The van der Waals surface area contributed by atoms with Gasteiger partial charge in [0, 0.05) is 0 Å². The Kier molecular flexibility index (Phi) is 6.76. The number of nitrogens with zero attached hydrogens (tertiary/aromatic N) is 1. The molecule has 0 aliphatic heterocycles. The van der Waals surface area contributed by atoms with E-state index in [0.717, 1.165) is 11.3 Å². The molecule has 1 aromatic carbocycles. The zero-order chi connectivity index (χ0) is 20.0. The zero-order valence-electron chi connectivity index (χ0n) is 15.9. The third-order valence-electron chi connectivity index (χ3n) is 4.24. The fourth-order valence-corrected chi connectivity index (χ4v) is 2.78. The van der Waals surface area contributed by atoms with E-state index in [9.17, 15) is 14.7 Å². The highest BCUT2D eigenvalue weighted by Crippen LogP contribution is 2.29. The predicted molar refractivity (Wildman–Crippen MR) is 98.4 cm³/mol. The molecule has 0 aliphatic carbocycles. The molecule has 1 N–H and O–H groups in total. The number of hydrogen-bond acceptors (Lipinski definition) is 7. The van der Waals surface area contributed by atoms with Crippen LogP contribution in [0, 0.1) is 0 Å². The van der Waals surface area contributed by atoms with Gasteiger partial charge in [0.25, 0.3) is 0 Å². The molecule has 1 aromatic heterocycles. The average molecular weight is 373 g/mol. The van der Waals surface area contributed by atoms with Crippen molar-refractivity contribution in [3.8, 4) is 11.5 Å². The number of esters is 2. The highest BCUT2D eigenvalue weighted by molar-refractivity contribution is 6.06. The van der Waals surface area contributed by atoms with Crippen molar-refractivity contribution >= 4 is 11.9 Å². The van der Waals surface area contributed by atoms with Gasteiger partial charge in [-0.2, -0.15) is 0 Å². The Balaban J connectivity index is 2.48. The lowest BCUT2D eigenvalue weighted by molar-refractivity contribution is 0.0550. The first-order valence-electron chi connectivity index (χ1n) is 8.51. The maximum absolute atomic E-state index is 12.3. The minimum absolute atomic E-state index is 0.0624. The van der Waals surface area contributed by atoms with E-state index in [1.807, 2.05) is 24.3 Å². The van der Waals surface area contributed by atoms with E-state index in [1.165, 1.54) is 14.2 Å². The normalized spacial score (nSPS) is 10.4. The molecule has 27 heavy (non-hydrogen) atoms. The van der Waals surface area contributed by atoms with Crippen molar-refractivity contribution in [2.75, 3.05) is 21.3 Å². The maximum Gasteiger partial charge on any atom is 0.342 e. The molecule has 0 bridgehead atoms. The van der Waals surface area contributed by atoms with Crippen molar-refractivity contribution in [3.63, 3.8) is 0 Å². The topological polar surface area (TPSA) is 95.0 Å². The quantitative estimate of drug-likeness (QED) is 0.746. The zero-order valence-corrected chi connectivity index (χ0v) is 15.9. The van der Waals surface area contributed by atoms with E-state index in [2.05, 4.69) is 4.98 Å². The minimum atomic E-state index is -0.810. The van der Waals surface area contributed by atoms with Crippen LogP contribution in [0.3, 0.4) is 0 Å². The molecule has 0 radical (unpaired) electrons. The Hall–Kier alpha value is -3.09. The second-order valence-electron chi connectivity index (χ2n) is 5.79. The number of rotatable bonds is 7. The van der Waals surface area contributed by atoms with E-state index < -0.39 is 11.9 Å². The minimum Gasteiger partial charge on any atom is -0.505 e. The van der Waals surface area contributed by atoms with E-state index in [0.29, 0.717) is 30.7 Å². The van der Waals surface area contributed by atoms with Crippen LogP contribution in [0.15, 0.2) is 24.3 Å². The van der Waals surface area contributed by atoms with E-state index >= 15 is 0 Å².